The predicted molar refractivity (Wildman–Crippen MR) is 309 cm³/mol. The lowest BCUT2D eigenvalue weighted by molar-refractivity contribution is -0.149. The summed E-state index contributed by atoms with van der Waals surface area (Å²) in [5.74, 6) is 6.49. The van der Waals surface area contributed by atoms with Gasteiger partial charge in [0.25, 0.3) is 0 Å². The molecule has 14 heteroatoms. The Kier molecular flexibility index (Phi) is 15.3. The van der Waals surface area contributed by atoms with E-state index in [0.717, 1.165) is 105 Å². The number of nitrogens with zero attached hydrogens (tertiary/aromatic N) is 1. The van der Waals surface area contributed by atoms with Crippen molar-refractivity contribution in [2.24, 2.45) is 35.0 Å². The summed E-state index contributed by atoms with van der Waals surface area (Å²) in [6.45, 7) is -0.149. The molecule has 4 aromatic carbocycles. The number of aryl methyl sites for hydroxylation is 1. The van der Waals surface area contributed by atoms with E-state index >= 15 is 4.79 Å². The number of Topliss-reactive ketones (excluding diaryl/α,β-unsaturated/α-hetero) is 1. The smallest absolute Gasteiger partial charge is 0.318 e. The van der Waals surface area contributed by atoms with Gasteiger partial charge in [0.15, 0.2) is 23.0 Å². The Balaban J connectivity index is 0.987. The fourth-order valence-electron chi connectivity index (χ4n) is 15.9. The molecule has 3 fully saturated rings. The van der Waals surface area contributed by atoms with Crippen LogP contribution >= 0.6 is 0 Å². The molecule has 12 rings (SSSR count). The van der Waals surface area contributed by atoms with Crippen molar-refractivity contribution in [3.8, 4) is 51.8 Å². The summed E-state index contributed by atoms with van der Waals surface area (Å²) in [6.07, 6.45) is 11.2. The van der Waals surface area contributed by atoms with Crippen LogP contribution in [0, 0.1) is 46.8 Å². The van der Waals surface area contributed by atoms with E-state index < -0.39 is 18.2 Å². The zero-order chi connectivity index (χ0) is 55.9. The number of ketones is 1. The molecule has 4 aliphatic carbocycles. The fourth-order valence-corrected chi connectivity index (χ4v) is 15.9. The largest absolute Gasteiger partial charge is 0.508 e. The SMILES string of the molecule is COc1cc2c(cc1O)C1=C[C@H]3C[C@]4(CC[C@@H]([C@H](CCCO)n5c(-c6cccc(O)c6)cc6[nH]ccc65)C4)[C@H]4C[C@@H](O)CC[C@@H]4[C@@H]3[C@H]2CC(=O)C[C@@H](CCc2ccc(O)c(OCCO)c2)OC(=O)CC#CCc2c1[nH]c1ccccc21. The average Bonchev–Trinajstić information content (AvgIpc) is 4.42. The van der Waals surface area contributed by atoms with Gasteiger partial charge in [-0.05, 0) is 188 Å². The second-order valence-electron chi connectivity index (χ2n) is 23.7. The third kappa shape index (κ3) is 10.5. The van der Waals surface area contributed by atoms with Crippen LogP contribution in [0.4, 0.5) is 0 Å². The van der Waals surface area contributed by atoms with Crippen LogP contribution < -0.4 is 9.47 Å². The Labute approximate surface area is 471 Å². The molecule has 0 saturated heterocycles. The normalized spacial score (nSPS) is 26.0. The highest BCUT2D eigenvalue weighted by Gasteiger charge is 2.59. The molecular weight excluding hydrogens is 1020 g/mol. The number of phenols is 3. The Hall–Kier alpha value is -7.44. The highest BCUT2D eigenvalue weighted by atomic mass is 16.5. The van der Waals surface area contributed by atoms with Crippen LogP contribution in [-0.2, 0) is 27.2 Å². The van der Waals surface area contributed by atoms with E-state index in [1.54, 1.807) is 25.3 Å². The maximum atomic E-state index is 15.4. The average molecular weight is 1100 g/mol. The third-order valence-corrected chi connectivity index (χ3v) is 19.1. The van der Waals surface area contributed by atoms with Gasteiger partial charge < -0.3 is 59.4 Å². The molecule has 81 heavy (non-hydrogen) atoms. The van der Waals surface area contributed by atoms with E-state index in [1.807, 2.05) is 48.7 Å². The second-order valence-corrected chi connectivity index (χ2v) is 23.7. The Morgan fingerprint density at radius 1 is 0.864 bits per heavy atom. The molecule has 3 aromatic heterocycles. The molecule has 4 heterocycles. The number of aliphatic hydroxyl groups is 3. The number of H-pyrrole nitrogens is 2. The first-order valence-corrected chi connectivity index (χ1v) is 29.1. The van der Waals surface area contributed by atoms with Gasteiger partial charge in [-0.15, -0.1) is 0 Å². The van der Waals surface area contributed by atoms with Crippen LogP contribution in [0.25, 0.3) is 38.8 Å². The molecule has 0 radical (unpaired) electrons. The number of esters is 1. The number of aromatic hydroxyl groups is 3. The second kappa shape index (κ2) is 22.8. The summed E-state index contributed by atoms with van der Waals surface area (Å²) < 4.78 is 20.2. The zero-order valence-electron chi connectivity index (χ0n) is 45.9. The Morgan fingerprint density at radius 2 is 1.73 bits per heavy atom. The minimum atomic E-state index is -0.790. The van der Waals surface area contributed by atoms with Crippen LogP contribution in [0.15, 0.2) is 103 Å². The number of carbonyl (C=O) groups is 2. The number of methoxy groups -OCH3 is 1. The van der Waals surface area contributed by atoms with Crippen LogP contribution in [0.2, 0.25) is 0 Å². The molecule has 5 aliphatic rings. The number of nitrogens with one attached hydrogen (secondary N) is 2. The maximum absolute atomic E-state index is 15.4. The van der Waals surface area contributed by atoms with Crippen LogP contribution in [0.3, 0.4) is 0 Å². The molecular formula is C67H73N3O11. The number of cyclic esters (lactones) is 1. The maximum Gasteiger partial charge on any atom is 0.318 e. The van der Waals surface area contributed by atoms with Gasteiger partial charge in [0.05, 0.1) is 42.2 Å². The molecule has 1 aliphatic heterocycles. The molecule has 1 spiro atoms. The molecule has 0 unspecified atom stereocenters. The lowest BCUT2D eigenvalue weighted by atomic mass is 9.47. The molecule has 3 saturated carbocycles. The summed E-state index contributed by atoms with van der Waals surface area (Å²) in [7, 11) is 1.55. The van der Waals surface area contributed by atoms with Gasteiger partial charge in [0.1, 0.15) is 30.7 Å². The standard InChI is InChI=1S/C67H73N3O11/c1-79-62-35-51-50(34-61(62)77)53-30-42-38-67(23-21-41(37-67)57(13-7-25-71)70-58-22-24-68-56(58)36-59(70)40-8-6-9-43(73)29-40)54-33-44(74)17-19-49(54)65(42)52(51)32-45(75)31-46(18-15-39-16-20-60(76)63(28-39)80-27-26-72)81-64(78)14-5-3-11-48-47-10-2-4-12-55(47)69-66(48)53/h2,4,6,8-10,12,16,20,22,24,28-30,34-36,41-42,44,46,49,52,54,57,65,68-69,71-74,76-77H,7,11,13-15,17-19,21,23,25-27,31-33,37-38H2,1H3/t41-,42+,44+,46-,49+,52+,54+,57+,65-,67-/m1/s1. The summed E-state index contributed by atoms with van der Waals surface area (Å²) >= 11 is 0. The first kappa shape index (κ1) is 54.2. The molecule has 2 bridgehead atoms. The molecule has 0 amide bonds. The monoisotopic (exact) mass is 1100 g/mol. The topological polar surface area (TPSA) is 220 Å². The first-order valence-electron chi connectivity index (χ1n) is 29.1. The van der Waals surface area contributed by atoms with Crippen molar-refractivity contribution in [1.82, 2.24) is 14.5 Å². The van der Waals surface area contributed by atoms with Gasteiger partial charge in [-0.1, -0.05) is 54.3 Å². The lowest BCUT2D eigenvalue weighted by Crippen LogP contribution is -2.51. The van der Waals surface area contributed by atoms with Gasteiger partial charge in [0.2, 0.25) is 0 Å². The van der Waals surface area contributed by atoms with E-state index in [-0.39, 0.29) is 115 Å². The van der Waals surface area contributed by atoms with E-state index in [2.05, 4.69) is 56.7 Å². The number of hydrogen-bond donors (Lipinski definition) is 8. The number of ether oxygens (including phenoxy) is 3. The number of aliphatic hydroxyl groups excluding tert-OH is 3. The summed E-state index contributed by atoms with van der Waals surface area (Å²) in [4.78, 5) is 36.4. The lowest BCUT2D eigenvalue weighted by Gasteiger charge is -2.57. The first-order chi connectivity index (χ1) is 39.4. The molecule has 422 valence electrons. The van der Waals surface area contributed by atoms with Crippen molar-refractivity contribution in [2.45, 2.75) is 120 Å². The van der Waals surface area contributed by atoms with Crippen molar-refractivity contribution < 1.29 is 54.4 Å². The van der Waals surface area contributed by atoms with E-state index in [4.69, 9.17) is 14.2 Å². The summed E-state index contributed by atoms with van der Waals surface area (Å²) in [5, 5.41) is 65.9. The number of fused-ring (bicyclic) bond motifs is 10. The van der Waals surface area contributed by atoms with E-state index in [1.165, 1.54) is 6.07 Å². The van der Waals surface area contributed by atoms with Crippen LogP contribution in [0.1, 0.15) is 123 Å². The van der Waals surface area contributed by atoms with Crippen molar-refractivity contribution >= 4 is 39.3 Å². The molecule has 10 atom stereocenters. The Bertz CT molecular complexity index is 3580. The van der Waals surface area contributed by atoms with Gasteiger partial charge in [-0.25, -0.2) is 0 Å². The fraction of sp³-hybridized carbons (Fsp3) is 0.433. The highest BCUT2D eigenvalue weighted by molar-refractivity contribution is 5.94. The van der Waals surface area contributed by atoms with Crippen LogP contribution in [-0.4, -0.2) is 96.1 Å². The third-order valence-electron chi connectivity index (χ3n) is 19.1. The van der Waals surface area contributed by atoms with Gasteiger partial charge in [-0.2, -0.15) is 0 Å². The van der Waals surface area contributed by atoms with Gasteiger partial charge >= 0.3 is 5.97 Å². The number of para-hydroxylation sites is 1. The van der Waals surface area contributed by atoms with E-state index in [0.29, 0.717) is 44.3 Å². The predicted octanol–water partition coefficient (Wildman–Crippen LogP) is 11.2. The van der Waals surface area contributed by atoms with Crippen molar-refractivity contribution in [3.05, 3.63) is 131 Å². The van der Waals surface area contributed by atoms with Crippen molar-refractivity contribution in [3.63, 3.8) is 0 Å². The summed E-state index contributed by atoms with van der Waals surface area (Å²) in [6, 6.07) is 28.7. The summed E-state index contributed by atoms with van der Waals surface area (Å²) in [5.41, 5.74) is 10.1. The zero-order valence-corrected chi connectivity index (χ0v) is 45.9. The van der Waals surface area contributed by atoms with Crippen molar-refractivity contribution in [2.75, 3.05) is 26.9 Å². The molecule has 14 nitrogen and oxygen atoms in total. The highest BCUT2D eigenvalue weighted by Crippen LogP contribution is 2.68. The number of aromatic amines is 2. The van der Waals surface area contributed by atoms with E-state index in [9.17, 15) is 35.4 Å². The number of rotatable bonds is 13. The number of benzene rings is 4. The van der Waals surface area contributed by atoms with Crippen molar-refractivity contribution in [1.29, 1.82) is 0 Å². The Morgan fingerprint density at radius 3 is 2.57 bits per heavy atom. The number of carbonyl (C=O) groups excluding carboxylic acids is 2. The van der Waals surface area contributed by atoms with Crippen LogP contribution in [0.5, 0.6) is 28.7 Å². The minimum Gasteiger partial charge on any atom is -0.508 e. The number of hydrogen-bond acceptors (Lipinski definition) is 11. The quantitative estimate of drug-likeness (QED) is 0.0401. The molecule has 8 N–H and O–H groups in total. The number of phenolic OH excluding ortho intramolecular Hbond substituents is 3. The number of allylic oxidation sites excluding steroid dienone is 1. The van der Waals surface area contributed by atoms with Gasteiger partial charge in [0, 0.05) is 60.1 Å². The van der Waals surface area contributed by atoms with Gasteiger partial charge in [-0.3, -0.25) is 9.59 Å². The molecule has 7 aromatic rings. The minimum absolute atomic E-state index is 0.00778. The number of aromatic nitrogens is 3.